The van der Waals surface area contributed by atoms with Crippen LogP contribution in [-0.2, 0) is 16.1 Å². The molecule has 1 saturated heterocycles. The molecule has 0 spiro atoms. The third kappa shape index (κ3) is 7.47. The molecule has 1 fully saturated rings. The minimum Gasteiger partial charge on any atom is -0.353 e. The highest BCUT2D eigenvalue weighted by molar-refractivity contribution is 9.10. The van der Waals surface area contributed by atoms with E-state index < -0.39 is 0 Å². The summed E-state index contributed by atoms with van der Waals surface area (Å²) < 4.78 is 0.858. The van der Waals surface area contributed by atoms with Gasteiger partial charge in [-0.3, -0.25) is 25.3 Å². The summed E-state index contributed by atoms with van der Waals surface area (Å²) >= 11 is 3.30. The van der Waals surface area contributed by atoms with Crippen LogP contribution in [0.1, 0.15) is 31.2 Å². The van der Waals surface area contributed by atoms with Gasteiger partial charge in [0.15, 0.2) is 0 Å². The molecule has 3 N–H and O–H groups in total. The van der Waals surface area contributed by atoms with E-state index in [2.05, 4.69) is 66.2 Å². The summed E-state index contributed by atoms with van der Waals surface area (Å²) in [4.78, 5) is 30.6. The van der Waals surface area contributed by atoms with Crippen LogP contribution in [0.5, 0.6) is 0 Å². The Morgan fingerprint density at radius 3 is 2.45 bits per heavy atom. The zero-order valence-corrected chi connectivity index (χ0v) is 17.8. The van der Waals surface area contributed by atoms with Gasteiger partial charge in [-0.05, 0) is 46.5 Å². The topological polar surface area (TPSA) is 86.4 Å². The van der Waals surface area contributed by atoms with Crippen LogP contribution < -0.4 is 16.2 Å². The molecule has 0 aliphatic carbocycles. The number of carbonyl (C=O) groups excluding carboxylic acids is 2. The van der Waals surface area contributed by atoms with Gasteiger partial charge in [-0.15, -0.1) is 0 Å². The predicted molar refractivity (Wildman–Crippen MR) is 116 cm³/mol. The van der Waals surface area contributed by atoms with Crippen molar-refractivity contribution in [3.63, 3.8) is 0 Å². The van der Waals surface area contributed by atoms with Gasteiger partial charge in [-0.1, -0.05) is 30.3 Å². The van der Waals surface area contributed by atoms with Crippen LogP contribution in [0.15, 0.2) is 53.1 Å². The van der Waals surface area contributed by atoms with Crippen molar-refractivity contribution in [1.82, 2.24) is 20.6 Å². The minimum atomic E-state index is -0.248. The Bertz CT molecular complexity index is 792. The summed E-state index contributed by atoms with van der Waals surface area (Å²) in [5, 5.41) is 3.06. The largest absolute Gasteiger partial charge is 0.353 e. The van der Waals surface area contributed by atoms with E-state index in [1.807, 2.05) is 12.1 Å². The third-order valence-corrected chi connectivity index (χ3v) is 5.31. The second-order valence-electron chi connectivity index (χ2n) is 7.14. The second-order valence-corrected chi connectivity index (χ2v) is 8.05. The van der Waals surface area contributed by atoms with Gasteiger partial charge in [0.2, 0.25) is 11.8 Å². The van der Waals surface area contributed by atoms with E-state index in [-0.39, 0.29) is 30.7 Å². The molecule has 1 aromatic carbocycles. The lowest BCUT2D eigenvalue weighted by Gasteiger charge is -2.32. The molecule has 0 saturated carbocycles. The van der Waals surface area contributed by atoms with Gasteiger partial charge in [-0.25, -0.2) is 4.98 Å². The predicted octanol–water partition coefficient (Wildman–Crippen LogP) is 2.85. The standard InChI is InChI=1S/C21H26BrN5O2/c22-17-6-7-19(23-14-17)25-26-21(29)9-8-20(28)24-18-10-12-27(13-11-18)15-16-4-2-1-3-5-16/h1-7,14,18H,8-13,15H2,(H,23,25)(H,24,28)(H,26,29). The molecule has 8 heteroatoms. The highest BCUT2D eigenvalue weighted by atomic mass is 79.9. The number of hydrogen-bond donors (Lipinski definition) is 3. The maximum absolute atomic E-state index is 12.2. The summed E-state index contributed by atoms with van der Waals surface area (Å²) in [5.74, 6) is 0.208. The first-order valence-electron chi connectivity index (χ1n) is 9.80. The fraction of sp³-hybridized carbons (Fsp3) is 0.381. The van der Waals surface area contributed by atoms with Crippen molar-refractivity contribution in [2.45, 2.75) is 38.3 Å². The zero-order valence-electron chi connectivity index (χ0n) is 16.2. The summed E-state index contributed by atoms with van der Waals surface area (Å²) in [5.41, 5.74) is 6.60. The number of carbonyl (C=O) groups is 2. The number of rotatable bonds is 8. The number of hydrogen-bond acceptors (Lipinski definition) is 5. The molecule has 3 rings (SSSR count). The van der Waals surface area contributed by atoms with Gasteiger partial charge in [0.25, 0.3) is 0 Å². The summed E-state index contributed by atoms with van der Waals surface area (Å²) in [6.45, 7) is 2.87. The molecule has 0 bridgehead atoms. The molecule has 29 heavy (non-hydrogen) atoms. The molecule has 0 atom stereocenters. The van der Waals surface area contributed by atoms with E-state index in [0.29, 0.717) is 5.82 Å². The minimum absolute atomic E-state index is 0.0802. The van der Waals surface area contributed by atoms with E-state index in [1.165, 1.54) is 5.56 Å². The number of piperidine rings is 1. The number of pyridine rings is 1. The number of benzene rings is 1. The highest BCUT2D eigenvalue weighted by Crippen LogP contribution is 2.14. The Balaban J connectivity index is 1.29. The molecule has 1 aliphatic heterocycles. The number of aromatic nitrogens is 1. The Kier molecular flexibility index (Phi) is 8.01. The van der Waals surface area contributed by atoms with E-state index in [1.54, 1.807) is 12.3 Å². The van der Waals surface area contributed by atoms with Crippen LogP contribution in [0.2, 0.25) is 0 Å². The number of nitrogens with one attached hydrogen (secondary N) is 3. The maximum Gasteiger partial charge on any atom is 0.238 e. The summed E-state index contributed by atoms with van der Waals surface area (Å²) in [6.07, 6.45) is 3.80. The van der Waals surface area contributed by atoms with Crippen LogP contribution in [0.4, 0.5) is 5.82 Å². The monoisotopic (exact) mass is 459 g/mol. The molecule has 1 aliphatic rings. The first-order chi connectivity index (χ1) is 14.1. The van der Waals surface area contributed by atoms with E-state index >= 15 is 0 Å². The molecule has 0 radical (unpaired) electrons. The quantitative estimate of drug-likeness (QED) is 0.528. The molecule has 0 unspecified atom stereocenters. The number of anilines is 1. The van der Waals surface area contributed by atoms with Gasteiger partial charge in [0, 0.05) is 49.2 Å². The fourth-order valence-corrected chi connectivity index (χ4v) is 3.48. The van der Waals surface area contributed by atoms with Gasteiger partial charge >= 0.3 is 0 Å². The Hall–Kier alpha value is -2.45. The van der Waals surface area contributed by atoms with Crippen molar-refractivity contribution in [3.8, 4) is 0 Å². The molecular formula is C21H26BrN5O2. The number of hydrazine groups is 1. The molecule has 2 aromatic rings. The van der Waals surface area contributed by atoms with Crippen LogP contribution in [0.3, 0.4) is 0 Å². The Morgan fingerprint density at radius 1 is 1.03 bits per heavy atom. The number of halogens is 1. The third-order valence-electron chi connectivity index (χ3n) is 4.84. The number of amides is 2. The van der Waals surface area contributed by atoms with Gasteiger partial charge in [-0.2, -0.15) is 0 Å². The van der Waals surface area contributed by atoms with Crippen LogP contribution in [0.25, 0.3) is 0 Å². The second kappa shape index (κ2) is 10.9. The molecule has 2 heterocycles. The van der Waals surface area contributed by atoms with Crippen LogP contribution >= 0.6 is 15.9 Å². The van der Waals surface area contributed by atoms with E-state index in [0.717, 1.165) is 36.9 Å². The average molecular weight is 460 g/mol. The molecule has 2 amide bonds. The first-order valence-corrected chi connectivity index (χ1v) is 10.6. The average Bonchev–Trinajstić information content (AvgIpc) is 2.74. The number of nitrogens with zero attached hydrogens (tertiary/aromatic N) is 2. The van der Waals surface area contributed by atoms with Gasteiger partial charge in [0.1, 0.15) is 5.82 Å². The Morgan fingerprint density at radius 2 is 1.76 bits per heavy atom. The smallest absolute Gasteiger partial charge is 0.238 e. The first kappa shape index (κ1) is 21.3. The van der Waals surface area contributed by atoms with E-state index in [4.69, 9.17) is 0 Å². The summed E-state index contributed by atoms with van der Waals surface area (Å²) in [7, 11) is 0. The maximum atomic E-state index is 12.2. The lowest BCUT2D eigenvalue weighted by atomic mass is 10.0. The van der Waals surface area contributed by atoms with Gasteiger partial charge < -0.3 is 5.32 Å². The molecule has 7 nitrogen and oxygen atoms in total. The van der Waals surface area contributed by atoms with Crippen molar-refractivity contribution in [2.75, 3.05) is 18.5 Å². The van der Waals surface area contributed by atoms with E-state index in [9.17, 15) is 9.59 Å². The van der Waals surface area contributed by atoms with Crippen molar-refractivity contribution >= 4 is 33.6 Å². The normalized spacial score (nSPS) is 14.9. The lowest BCUT2D eigenvalue weighted by molar-refractivity contribution is -0.126. The zero-order chi connectivity index (χ0) is 20.5. The van der Waals surface area contributed by atoms with Crippen LogP contribution in [-0.4, -0.2) is 40.8 Å². The molecule has 154 valence electrons. The number of likely N-dealkylation sites (tertiary alicyclic amines) is 1. The van der Waals surface area contributed by atoms with Crippen molar-refractivity contribution in [1.29, 1.82) is 0 Å². The van der Waals surface area contributed by atoms with Crippen molar-refractivity contribution in [3.05, 3.63) is 58.7 Å². The van der Waals surface area contributed by atoms with Crippen molar-refractivity contribution in [2.24, 2.45) is 0 Å². The SMILES string of the molecule is O=C(CCC(=O)NC1CCN(Cc2ccccc2)CC1)NNc1ccc(Br)cn1. The molecular weight excluding hydrogens is 434 g/mol. The highest BCUT2D eigenvalue weighted by Gasteiger charge is 2.20. The summed E-state index contributed by atoms with van der Waals surface area (Å²) in [6, 6.07) is 14.2. The van der Waals surface area contributed by atoms with Crippen LogP contribution in [0, 0.1) is 0 Å². The van der Waals surface area contributed by atoms with Crippen molar-refractivity contribution < 1.29 is 9.59 Å². The lowest BCUT2D eigenvalue weighted by Crippen LogP contribution is -2.44. The van der Waals surface area contributed by atoms with Gasteiger partial charge in [0.05, 0.1) is 0 Å². The fourth-order valence-electron chi connectivity index (χ4n) is 3.25. The molecule has 1 aromatic heterocycles. The Labute approximate surface area is 179 Å².